The SMILES string of the molecule is COCCNc1nccn1-c1cccc(Cl)c1C. The Hall–Kier alpha value is -1.52. The number of imidazole rings is 1. The van der Waals surface area contributed by atoms with E-state index in [1.165, 1.54) is 0 Å². The van der Waals surface area contributed by atoms with Crippen molar-refractivity contribution in [1.82, 2.24) is 9.55 Å². The van der Waals surface area contributed by atoms with Crippen molar-refractivity contribution < 1.29 is 4.74 Å². The van der Waals surface area contributed by atoms with Gasteiger partial charge in [0.05, 0.1) is 12.3 Å². The van der Waals surface area contributed by atoms with Crippen LogP contribution in [0, 0.1) is 6.92 Å². The highest BCUT2D eigenvalue weighted by Gasteiger charge is 2.08. The lowest BCUT2D eigenvalue weighted by molar-refractivity contribution is 0.210. The minimum Gasteiger partial charge on any atom is -0.383 e. The zero-order valence-electron chi connectivity index (χ0n) is 10.5. The minimum absolute atomic E-state index is 0.640. The van der Waals surface area contributed by atoms with Gasteiger partial charge >= 0.3 is 0 Å². The molecule has 0 atom stereocenters. The van der Waals surface area contributed by atoms with Crippen LogP contribution in [0.1, 0.15) is 5.56 Å². The molecule has 0 saturated carbocycles. The maximum Gasteiger partial charge on any atom is 0.207 e. The Morgan fingerprint density at radius 2 is 2.28 bits per heavy atom. The van der Waals surface area contributed by atoms with Gasteiger partial charge in [0, 0.05) is 31.1 Å². The monoisotopic (exact) mass is 265 g/mol. The summed E-state index contributed by atoms with van der Waals surface area (Å²) in [5.74, 6) is 0.789. The molecule has 0 aliphatic carbocycles. The first kappa shape index (κ1) is 12.9. The van der Waals surface area contributed by atoms with Gasteiger partial charge in [-0.05, 0) is 24.6 Å². The summed E-state index contributed by atoms with van der Waals surface area (Å²) in [5, 5.41) is 3.98. The van der Waals surface area contributed by atoms with Gasteiger partial charge in [-0.1, -0.05) is 17.7 Å². The van der Waals surface area contributed by atoms with E-state index in [1.54, 1.807) is 13.3 Å². The molecule has 0 radical (unpaired) electrons. The van der Waals surface area contributed by atoms with E-state index >= 15 is 0 Å². The standard InChI is InChI=1S/C13H16ClN3O/c1-10-11(14)4-3-5-12(10)17-8-6-15-13(17)16-7-9-18-2/h3-6,8H,7,9H2,1-2H3,(H,15,16). The van der Waals surface area contributed by atoms with Crippen LogP contribution in [0.4, 0.5) is 5.95 Å². The van der Waals surface area contributed by atoms with Crippen LogP contribution in [0.2, 0.25) is 5.02 Å². The molecular formula is C13H16ClN3O. The predicted molar refractivity (Wildman–Crippen MR) is 73.7 cm³/mol. The van der Waals surface area contributed by atoms with Gasteiger partial charge in [0.2, 0.25) is 5.95 Å². The molecule has 4 nitrogen and oxygen atoms in total. The first-order valence-corrected chi connectivity index (χ1v) is 6.13. The molecule has 0 spiro atoms. The summed E-state index contributed by atoms with van der Waals surface area (Å²) < 4.78 is 6.99. The van der Waals surface area contributed by atoms with Gasteiger partial charge in [0.1, 0.15) is 0 Å². The van der Waals surface area contributed by atoms with Gasteiger partial charge in [-0.25, -0.2) is 4.98 Å². The molecule has 2 aromatic rings. The zero-order valence-corrected chi connectivity index (χ0v) is 11.2. The zero-order chi connectivity index (χ0) is 13.0. The maximum absolute atomic E-state index is 6.14. The van der Waals surface area contributed by atoms with Gasteiger partial charge in [0.15, 0.2) is 0 Å². The number of aromatic nitrogens is 2. The van der Waals surface area contributed by atoms with Crippen LogP contribution in [0.3, 0.4) is 0 Å². The Morgan fingerprint density at radius 3 is 3.06 bits per heavy atom. The lowest BCUT2D eigenvalue weighted by atomic mass is 10.2. The van der Waals surface area contributed by atoms with Crippen LogP contribution in [0.15, 0.2) is 30.6 Å². The van der Waals surface area contributed by atoms with E-state index in [1.807, 2.05) is 35.9 Å². The molecule has 18 heavy (non-hydrogen) atoms. The molecule has 0 saturated heterocycles. The highest BCUT2D eigenvalue weighted by molar-refractivity contribution is 6.31. The van der Waals surface area contributed by atoms with Crippen molar-refractivity contribution in [2.24, 2.45) is 0 Å². The predicted octanol–water partition coefficient (Wildman–Crippen LogP) is 2.89. The minimum atomic E-state index is 0.640. The van der Waals surface area contributed by atoms with Gasteiger partial charge in [-0.15, -0.1) is 0 Å². The number of anilines is 1. The summed E-state index contributed by atoms with van der Waals surface area (Å²) in [6.07, 6.45) is 3.67. The number of rotatable bonds is 5. The fraction of sp³-hybridized carbons (Fsp3) is 0.308. The molecule has 0 aliphatic heterocycles. The molecule has 0 aliphatic rings. The maximum atomic E-state index is 6.14. The van der Waals surface area contributed by atoms with Crippen molar-refractivity contribution in [2.45, 2.75) is 6.92 Å². The van der Waals surface area contributed by atoms with E-state index in [0.29, 0.717) is 13.2 Å². The van der Waals surface area contributed by atoms with Crippen LogP contribution in [0.5, 0.6) is 0 Å². The van der Waals surface area contributed by atoms with E-state index in [2.05, 4.69) is 10.3 Å². The summed E-state index contributed by atoms with van der Waals surface area (Å²) in [7, 11) is 1.68. The van der Waals surface area contributed by atoms with E-state index in [4.69, 9.17) is 16.3 Å². The summed E-state index contributed by atoms with van der Waals surface area (Å²) in [6, 6.07) is 5.84. The summed E-state index contributed by atoms with van der Waals surface area (Å²) in [5.41, 5.74) is 2.06. The molecule has 0 bridgehead atoms. The second kappa shape index (κ2) is 5.89. The van der Waals surface area contributed by atoms with E-state index in [-0.39, 0.29) is 0 Å². The highest BCUT2D eigenvalue weighted by Crippen LogP contribution is 2.24. The molecule has 1 aromatic heterocycles. The van der Waals surface area contributed by atoms with Crippen molar-refractivity contribution in [2.75, 3.05) is 25.6 Å². The lowest BCUT2D eigenvalue weighted by Gasteiger charge is -2.12. The van der Waals surface area contributed by atoms with Crippen molar-refractivity contribution in [3.8, 4) is 5.69 Å². The van der Waals surface area contributed by atoms with Gasteiger partial charge in [0.25, 0.3) is 0 Å². The van der Waals surface area contributed by atoms with Gasteiger partial charge < -0.3 is 10.1 Å². The quantitative estimate of drug-likeness (QED) is 0.845. The highest BCUT2D eigenvalue weighted by atomic mass is 35.5. The molecular weight excluding hydrogens is 250 g/mol. The topological polar surface area (TPSA) is 39.1 Å². The van der Waals surface area contributed by atoms with Crippen molar-refractivity contribution >= 4 is 17.5 Å². The molecule has 1 aromatic carbocycles. The number of hydrogen-bond acceptors (Lipinski definition) is 3. The number of nitrogens with one attached hydrogen (secondary N) is 1. The second-order valence-electron chi connectivity index (χ2n) is 3.92. The smallest absolute Gasteiger partial charge is 0.207 e. The molecule has 1 N–H and O–H groups in total. The van der Waals surface area contributed by atoms with Crippen molar-refractivity contribution in [3.63, 3.8) is 0 Å². The molecule has 0 unspecified atom stereocenters. The fourth-order valence-electron chi connectivity index (χ4n) is 1.75. The van der Waals surface area contributed by atoms with E-state index in [9.17, 15) is 0 Å². The van der Waals surface area contributed by atoms with Gasteiger partial charge in [-0.2, -0.15) is 0 Å². The molecule has 0 amide bonds. The Labute approximate surface area is 112 Å². The number of benzene rings is 1. The molecule has 96 valence electrons. The number of hydrogen-bond donors (Lipinski definition) is 1. The summed E-state index contributed by atoms with van der Waals surface area (Å²) in [4.78, 5) is 4.29. The Kier molecular flexibility index (Phi) is 4.23. The molecule has 1 heterocycles. The number of nitrogens with zero attached hydrogens (tertiary/aromatic N) is 2. The number of halogens is 1. The normalized spacial score (nSPS) is 10.6. The summed E-state index contributed by atoms with van der Waals surface area (Å²) in [6.45, 7) is 3.35. The lowest BCUT2D eigenvalue weighted by Crippen LogP contribution is -2.12. The van der Waals surface area contributed by atoms with Crippen LogP contribution in [-0.2, 0) is 4.74 Å². The third kappa shape index (κ3) is 2.66. The van der Waals surface area contributed by atoms with E-state index in [0.717, 1.165) is 22.2 Å². The Morgan fingerprint density at radius 1 is 1.44 bits per heavy atom. The number of methoxy groups -OCH3 is 1. The number of ether oxygens (including phenoxy) is 1. The van der Waals surface area contributed by atoms with E-state index < -0.39 is 0 Å². The average molecular weight is 266 g/mol. The Balaban J connectivity index is 2.28. The third-order valence-electron chi connectivity index (χ3n) is 2.73. The van der Waals surface area contributed by atoms with Gasteiger partial charge in [-0.3, -0.25) is 4.57 Å². The second-order valence-corrected chi connectivity index (χ2v) is 4.33. The van der Waals surface area contributed by atoms with Crippen LogP contribution in [0.25, 0.3) is 5.69 Å². The molecule has 5 heteroatoms. The molecule has 0 fully saturated rings. The van der Waals surface area contributed by atoms with Crippen LogP contribution >= 0.6 is 11.6 Å². The first-order chi connectivity index (χ1) is 8.74. The third-order valence-corrected chi connectivity index (χ3v) is 3.14. The Bertz CT molecular complexity index is 525. The first-order valence-electron chi connectivity index (χ1n) is 5.75. The fourth-order valence-corrected chi connectivity index (χ4v) is 1.92. The average Bonchev–Trinajstić information content (AvgIpc) is 2.81. The van der Waals surface area contributed by atoms with Crippen LogP contribution < -0.4 is 5.32 Å². The summed E-state index contributed by atoms with van der Waals surface area (Å²) >= 11 is 6.14. The van der Waals surface area contributed by atoms with Crippen molar-refractivity contribution in [1.29, 1.82) is 0 Å². The van der Waals surface area contributed by atoms with Crippen LogP contribution in [-0.4, -0.2) is 29.8 Å². The molecule has 2 rings (SSSR count). The largest absolute Gasteiger partial charge is 0.383 e. The van der Waals surface area contributed by atoms with Crippen molar-refractivity contribution in [3.05, 3.63) is 41.2 Å².